The van der Waals surface area contributed by atoms with Gasteiger partial charge in [-0.2, -0.15) is 5.26 Å². The number of aryl methyl sites for hydroxylation is 1. The van der Waals surface area contributed by atoms with Crippen molar-refractivity contribution in [2.24, 2.45) is 0 Å². The molecule has 4 rings (SSSR count). The van der Waals surface area contributed by atoms with Gasteiger partial charge in [-0.1, -0.05) is 29.8 Å². The minimum absolute atomic E-state index is 0.140. The molecule has 1 aliphatic heterocycles. The molecule has 2 aromatic carbocycles. The van der Waals surface area contributed by atoms with E-state index < -0.39 is 5.92 Å². The number of rotatable bonds is 4. The standard InChI is InChI=1S/C20H14N2O3S/c1-12-2-4-13(5-3-12)16-10-26-20(22-16)15(9-21)19(23)14-6-7-17-18(8-14)25-11-24-17/h2-8,10,15H,11H2,1H3. The van der Waals surface area contributed by atoms with Crippen molar-refractivity contribution in [2.45, 2.75) is 12.8 Å². The molecule has 1 unspecified atom stereocenters. The Morgan fingerprint density at radius 3 is 2.73 bits per heavy atom. The number of nitrogens with zero attached hydrogens (tertiary/aromatic N) is 2. The number of ether oxygens (including phenoxy) is 2. The van der Waals surface area contributed by atoms with E-state index in [2.05, 4.69) is 11.1 Å². The second kappa shape index (κ2) is 6.62. The lowest BCUT2D eigenvalue weighted by Gasteiger charge is -2.06. The van der Waals surface area contributed by atoms with Crippen LogP contribution in [0.1, 0.15) is 26.8 Å². The molecule has 0 fully saturated rings. The van der Waals surface area contributed by atoms with E-state index in [4.69, 9.17) is 9.47 Å². The molecule has 6 heteroatoms. The molecule has 0 saturated heterocycles. The minimum Gasteiger partial charge on any atom is -0.454 e. The van der Waals surface area contributed by atoms with Crippen LogP contribution in [0.25, 0.3) is 11.3 Å². The molecule has 1 atom stereocenters. The molecule has 26 heavy (non-hydrogen) atoms. The van der Waals surface area contributed by atoms with Crippen molar-refractivity contribution in [1.82, 2.24) is 4.98 Å². The molecule has 0 bridgehead atoms. The van der Waals surface area contributed by atoms with Gasteiger partial charge in [0.2, 0.25) is 6.79 Å². The highest BCUT2D eigenvalue weighted by Crippen LogP contribution is 2.35. The van der Waals surface area contributed by atoms with E-state index >= 15 is 0 Å². The lowest BCUT2D eigenvalue weighted by molar-refractivity contribution is 0.0978. The number of Topliss-reactive ketones (excluding diaryl/α,β-unsaturated/α-hetero) is 1. The number of carbonyl (C=O) groups excluding carboxylic acids is 1. The maximum absolute atomic E-state index is 12.8. The second-order valence-electron chi connectivity index (χ2n) is 5.93. The van der Waals surface area contributed by atoms with Crippen molar-refractivity contribution in [3.05, 3.63) is 64.0 Å². The SMILES string of the molecule is Cc1ccc(-c2csc(C(C#N)C(=O)c3ccc4c(c3)OCO4)n2)cc1. The van der Waals surface area contributed by atoms with E-state index in [1.165, 1.54) is 11.3 Å². The zero-order valence-corrected chi connectivity index (χ0v) is 14.7. The van der Waals surface area contributed by atoms with E-state index in [1.807, 2.05) is 36.6 Å². The van der Waals surface area contributed by atoms with Gasteiger partial charge in [0.1, 0.15) is 5.01 Å². The van der Waals surface area contributed by atoms with Gasteiger partial charge in [-0.3, -0.25) is 4.79 Å². The first-order valence-electron chi connectivity index (χ1n) is 8.01. The molecule has 1 aliphatic rings. The Bertz CT molecular complexity index is 1020. The largest absolute Gasteiger partial charge is 0.454 e. The fourth-order valence-electron chi connectivity index (χ4n) is 2.72. The summed E-state index contributed by atoms with van der Waals surface area (Å²) in [7, 11) is 0. The lowest BCUT2D eigenvalue weighted by Crippen LogP contribution is -2.11. The Morgan fingerprint density at radius 1 is 1.19 bits per heavy atom. The number of benzene rings is 2. The average Bonchev–Trinajstić information content (AvgIpc) is 3.31. The predicted molar refractivity (Wildman–Crippen MR) is 97.5 cm³/mol. The van der Waals surface area contributed by atoms with Crippen molar-refractivity contribution in [3.63, 3.8) is 0 Å². The molecule has 3 aromatic rings. The number of aromatic nitrogens is 1. The van der Waals surface area contributed by atoms with E-state index in [0.29, 0.717) is 22.1 Å². The van der Waals surface area contributed by atoms with Crippen LogP contribution in [0.4, 0.5) is 0 Å². The summed E-state index contributed by atoms with van der Waals surface area (Å²) in [6.45, 7) is 2.16. The van der Waals surface area contributed by atoms with Crippen LogP contribution in [0.5, 0.6) is 11.5 Å². The van der Waals surface area contributed by atoms with Crippen molar-refractivity contribution in [3.8, 4) is 28.8 Å². The van der Waals surface area contributed by atoms with Gasteiger partial charge in [0.15, 0.2) is 23.2 Å². The second-order valence-corrected chi connectivity index (χ2v) is 6.82. The fraction of sp³-hybridized carbons (Fsp3) is 0.150. The number of ketones is 1. The Labute approximate surface area is 154 Å². The van der Waals surface area contributed by atoms with Gasteiger partial charge in [-0.05, 0) is 25.1 Å². The normalized spacial score (nSPS) is 13.2. The highest BCUT2D eigenvalue weighted by Gasteiger charge is 2.27. The summed E-state index contributed by atoms with van der Waals surface area (Å²) in [5.41, 5.74) is 3.30. The Morgan fingerprint density at radius 2 is 1.96 bits per heavy atom. The first-order chi connectivity index (χ1) is 12.7. The summed E-state index contributed by atoms with van der Waals surface area (Å²) in [4.78, 5) is 17.3. The highest BCUT2D eigenvalue weighted by atomic mass is 32.1. The third-order valence-corrected chi connectivity index (χ3v) is 5.07. The first-order valence-corrected chi connectivity index (χ1v) is 8.89. The van der Waals surface area contributed by atoms with Gasteiger partial charge < -0.3 is 9.47 Å². The smallest absolute Gasteiger partial charge is 0.231 e. The van der Waals surface area contributed by atoms with Crippen LogP contribution < -0.4 is 9.47 Å². The maximum Gasteiger partial charge on any atom is 0.231 e. The molecular formula is C20H14N2O3S. The molecule has 0 radical (unpaired) electrons. The molecule has 1 aromatic heterocycles. The van der Waals surface area contributed by atoms with Crippen LogP contribution in [0, 0.1) is 18.3 Å². The van der Waals surface area contributed by atoms with E-state index in [-0.39, 0.29) is 12.6 Å². The highest BCUT2D eigenvalue weighted by molar-refractivity contribution is 7.10. The Kier molecular flexibility index (Phi) is 4.15. The Hall–Kier alpha value is -3.17. The van der Waals surface area contributed by atoms with Gasteiger partial charge in [0.25, 0.3) is 0 Å². The van der Waals surface area contributed by atoms with Crippen LogP contribution in [-0.4, -0.2) is 17.6 Å². The molecule has 0 saturated carbocycles. The van der Waals surface area contributed by atoms with Crippen LogP contribution in [0.2, 0.25) is 0 Å². The molecule has 128 valence electrons. The summed E-state index contributed by atoms with van der Waals surface area (Å²) < 4.78 is 10.6. The first kappa shape index (κ1) is 16.3. The predicted octanol–water partition coefficient (Wildman–Crippen LogP) is 4.34. The Balaban J connectivity index is 1.62. The number of hydrogen-bond acceptors (Lipinski definition) is 6. The quantitative estimate of drug-likeness (QED) is 0.646. The molecule has 2 heterocycles. The molecular weight excluding hydrogens is 348 g/mol. The van der Waals surface area contributed by atoms with Gasteiger partial charge >= 0.3 is 0 Å². The number of nitriles is 1. The zero-order chi connectivity index (χ0) is 18.1. The van der Waals surface area contributed by atoms with Gasteiger partial charge in [-0.25, -0.2) is 4.98 Å². The van der Waals surface area contributed by atoms with Crippen LogP contribution in [0.15, 0.2) is 47.8 Å². The van der Waals surface area contributed by atoms with Gasteiger partial charge in [0, 0.05) is 16.5 Å². The fourth-order valence-corrected chi connectivity index (χ4v) is 3.59. The van der Waals surface area contributed by atoms with Crippen LogP contribution in [0.3, 0.4) is 0 Å². The van der Waals surface area contributed by atoms with Crippen molar-refractivity contribution in [1.29, 1.82) is 5.26 Å². The van der Waals surface area contributed by atoms with E-state index in [9.17, 15) is 10.1 Å². The molecule has 0 spiro atoms. The number of carbonyl (C=O) groups is 1. The zero-order valence-electron chi connectivity index (χ0n) is 13.9. The molecule has 5 nitrogen and oxygen atoms in total. The summed E-state index contributed by atoms with van der Waals surface area (Å²) >= 11 is 1.32. The van der Waals surface area contributed by atoms with Crippen LogP contribution in [-0.2, 0) is 0 Å². The summed E-state index contributed by atoms with van der Waals surface area (Å²) in [6.07, 6.45) is 0. The number of thiazole rings is 1. The summed E-state index contributed by atoms with van der Waals surface area (Å²) in [5, 5.41) is 11.9. The van der Waals surface area contributed by atoms with E-state index in [1.54, 1.807) is 18.2 Å². The van der Waals surface area contributed by atoms with Crippen molar-refractivity contribution >= 4 is 17.1 Å². The number of fused-ring (bicyclic) bond motifs is 1. The molecule has 0 aliphatic carbocycles. The van der Waals surface area contributed by atoms with Gasteiger partial charge in [0.05, 0.1) is 11.8 Å². The van der Waals surface area contributed by atoms with Crippen molar-refractivity contribution < 1.29 is 14.3 Å². The van der Waals surface area contributed by atoms with Crippen LogP contribution >= 0.6 is 11.3 Å². The summed E-state index contributed by atoms with van der Waals surface area (Å²) in [6, 6.07) is 15.0. The average molecular weight is 362 g/mol. The third kappa shape index (κ3) is 2.93. The summed E-state index contributed by atoms with van der Waals surface area (Å²) in [5.74, 6) is -0.117. The molecule has 0 amide bonds. The maximum atomic E-state index is 12.8. The van der Waals surface area contributed by atoms with Crippen molar-refractivity contribution in [2.75, 3.05) is 6.79 Å². The lowest BCUT2D eigenvalue weighted by atomic mass is 9.99. The van der Waals surface area contributed by atoms with E-state index in [0.717, 1.165) is 16.8 Å². The molecule has 0 N–H and O–H groups in total. The number of hydrogen-bond donors (Lipinski definition) is 0. The van der Waals surface area contributed by atoms with Gasteiger partial charge in [-0.15, -0.1) is 11.3 Å². The topological polar surface area (TPSA) is 72.2 Å². The monoisotopic (exact) mass is 362 g/mol. The third-order valence-electron chi connectivity index (χ3n) is 4.16. The minimum atomic E-state index is -0.945.